The van der Waals surface area contributed by atoms with Gasteiger partial charge in [-0.3, -0.25) is 0 Å². The Hall–Kier alpha value is -2.48. The Bertz CT molecular complexity index is 582. The van der Waals surface area contributed by atoms with Crippen molar-refractivity contribution >= 4 is 17.7 Å². The molecule has 1 aliphatic heterocycles. The van der Waals surface area contributed by atoms with Crippen LogP contribution in [0.2, 0.25) is 0 Å². The van der Waals surface area contributed by atoms with E-state index in [2.05, 4.69) is 17.0 Å². The minimum Gasteiger partial charge on any atom is -0.469 e. The van der Waals surface area contributed by atoms with E-state index in [9.17, 15) is 4.79 Å². The topological polar surface area (TPSA) is 51.1 Å². The molecule has 1 aromatic carbocycles. The molecular formula is C15H16N2O3. The number of para-hydroxylation sites is 1. The van der Waals surface area contributed by atoms with Gasteiger partial charge in [-0.1, -0.05) is 18.2 Å². The summed E-state index contributed by atoms with van der Waals surface area (Å²) < 4.78 is 10.1. The minimum absolute atomic E-state index is 0.271. The minimum atomic E-state index is -0.554. The number of ether oxygens (including phenoxy) is 2. The number of rotatable bonds is 1. The lowest BCUT2D eigenvalue weighted by atomic mass is 10.1. The third kappa shape index (κ3) is 3.29. The summed E-state index contributed by atoms with van der Waals surface area (Å²) in [5.41, 5.74) is 0.358. The molecule has 0 fully saturated rings. The molecule has 0 aromatic heterocycles. The molecule has 20 heavy (non-hydrogen) atoms. The predicted octanol–water partition coefficient (Wildman–Crippen LogP) is 2.43. The van der Waals surface area contributed by atoms with Gasteiger partial charge in [-0.05, 0) is 26.0 Å². The van der Waals surface area contributed by atoms with Crippen molar-refractivity contribution in [2.75, 3.05) is 18.6 Å². The lowest BCUT2D eigenvalue weighted by Crippen LogP contribution is -2.25. The van der Waals surface area contributed by atoms with Crippen molar-refractivity contribution in [2.45, 2.75) is 19.4 Å². The molecular weight excluding hydrogens is 256 g/mol. The molecule has 0 spiro atoms. The van der Waals surface area contributed by atoms with E-state index in [0.717, 1.165) is 0 Å². The summed E-state index contributed by atoms with van der Waals surface area (Å²) in [4.78, 5) is 17.3. The first-order chi connectivity index (χ1) is 9.52. The molecule has 104 valence electrons. The standard InChI is InChI=1S/C15H16N2O3/c1-15(2)11-20-13(16-15)9-10-17(14(18)19-3)12-7-5-4-6-8-12/h4-8H,11H2,1-3H3. The smallest absolute Gasteiger partial charge is 0.426 e. The zero-order valence-corrected chi connectivity index (χ0v) is 11.7. The van der Waals surface area contributed by atoms with Gasteiger partial charge >= 0.3 is 6.09 Å². The van der Waals surface area contributed by atoms with E-state index in [-0.39, 0.29) is 5.54 Å². The van der Waals surface area contributed by atoms with Crippen molar-refractivity contribution in [3.8, 4) is 12.0 Å². The van der Waals surface area contributed by atoms with Crippen LogP contribution in [0.3, 0.4) is 0 Å². The van der Waals surface area contributed by atoms with Gasteiger partial charge in [0.15, 0.2) is 0 Å². The molecule has 2 rings (SSSR count). The zero-order valence-electron chi connectivity index (χ0n) is 11.7. The number of benzene rings is 1. The second kappa shape index (κ2) is 5.66. The van der Waals surface area contributed by atoms with Gasteiger partial charge in [0.05, 0.1) is 18.3 Å². The van der Waals surface area contributed by atoms with Crippen LogP contribution in [-0.4, -0.2) is 31.2 Å². The average Bonchev–Trinajstić information content (AvgIpc) is 2.79. The van der Waals surface area contributed by atoms with E-state index in [1.165, 1.54) is 12.0 Å². The fourth-order valence-electron chi connectivity index (χ4n) is 1.64. The van der Waals surface area contributed by atoms with Gasteiger partial charge in [-0.15, -0.1) is 0 Å². The van der Waals surface area contributed by atoms with Gasteiger partial charge in [0, 0.05) is 12.0 Å². The molecule has 1 aromatic rings. The number of hydrogen-bond donors (Lipinski definition) is 0. The summed E-state index contributed by atoms with van der Waals surface area (Å²) in [6, 6.07) is 11.8. The maximum atomic E-state index is 11.8. The second-order valence-electron chi connectivity index (χ2n) is 4.90. The van der Waals surface area contributed by atoms with E-state index in [4.69, 9.17) is 9.47 Å². The lowest BCUT2D eigenvalue weighted by Gasteiger charge is -2.13. The van der Waals surface area contributed by atoms with Crippen LogP contribution in [0.5, 0.6) is 0 Å². The molecule has 1 aliphatic rings. The predicted molar refractivity (Wildman–Crippen MR) is 76.6 cm³/mol. The van der Waals surface area contributed by atoms with Crippen LogP contribution >= 0.6 is 0 Å². The van der Waals surface area contributed by atoms with Gasteiger partial charge in [-0.25, -0.2) is 14.7 Å². The molecule has 5 nitrogen and oxygen atoms in total. The SMILES string of the molecule is COC(=O)N(C#CC1=NC(C)(C)CO1)c1ccccc1. The number of aliphatic imine (C=N–C) groups is 1. The maximum absolute atomic E-state index is 11.8. The van der Waals surface area contributed by atoms with Gasteiger partial charge in [0.2, 0.25) is 0 Å². The van der Waals surface area contributed by atoms with Crippen LogP contribution in [0.1, 0.15) is 13.8 Å². The largest absolute Gasteiger partial charge is 0.469 e. The van der Waals surface area contributed by atoms with Crippen LogP contribution in [0.15, 0.2) is 35.3 Å². The average molecular weight is 272 g/mol. The van der Waals surface area contributed by atoms with Crippen LogP contribution < -0.4 is 4.90 Å². The Labute approximate surface area is 118 Å². The molecule has 0 bridgehead atoms. The number of carbonyl (C=O) groups is 1. The third-order valence-electron chi connectivity index (χ3n) is 2.61. The quantitative estimate of drug-likeness (QED) is 0.583. The van der Waals surface area contributed by atoms with Gasteiger partial charge in [0.1, 0.15) is 6.61 Å². The highest BCUT2D eigenvalue weighted by Crippen LogP contribution is 2.17. The Morgan fingerprint density at radius 2 is 2.10 bits per heavy atom. The van der Waals surface area contributed by atoms with E-state index >= 15 is 0 Å². The van der Waals surface area contributed by atoms with E-state index in [0.29, 0.717) is 18.2 Å². The monoisotopic (exact) mass is 272 g/mol. The van der Waals surface area contributed by atoms with E-state index in [1.54, 1.807) is 12.1 Å². The molecule has 5 heteroatoms. The van der Waals surface area contributed by atoms with Crippen molar-refractivity contribution in [3.05, 3.63) is 30.3 Å². The van der Waals surface area contributed by atoms with Gasteiger partial charge in [0.25, 0.3) is 5.90 Å². The summed E-state index contributed by atoms with van der Waals surface area (Å²) in [5, 5.41) is 0. The normalized spacial score (nSPS) is 15.4. The fourth-order valence-corrected chi connectivity index (χ4v) is 1.64. The fraction of sp³-hybridized carbons (Fsp3) is 0.333. The number of nitrogens with zero attached hydrogens (tertiary/aromatic N) is 2. The first-order valence-corrected chi connectivity index (χ1v) is 6.19. The maximum Gasteiger partial charge on any atom is 0.426 e. The molecule has 0 saturated carbocycles. The Kier molecular flexibility index (Phi) is 3.94. The highest BCUT2D eigenvalue weighted by Gasteiger charge is 2.25. The molecule has 0 atom stereocenters. The van der Waals surface area contributed by atoms with Crippen LogP contribution in [0.4, 0.5) is 10.5 Å². The first-order valence-electron chi connectivity index (χ1n) is 6.19. The summed E-state index contributed by atoms with van der Waals surface area (Å²) in [7, 11) is 1.31. The highest BCUT2D eigenvalue weighted by atomic mass is 16.5. The number of carbonyl (C=O) groups excluding carboxylic acids is 1. The Morgan fingerprint density at radius 3 is 2.65 bits per heavy atom. The molecule has 0 aliphatic carbocycles. The molecule has 0 saturated heterocycles. The van der Waals surface area contributed by atoms with Crippen LogP contribution in [0.25, 0.3) is 0 Å². The number of amides is 1. The van der Waals surface area contributed by atoms with Gasteiger partial charge < -0.3 is 9.47 Å². The molecule has 1 heterocycles. The van der Waals surface area contributed by atoms with E-state index < -0.39 is 6.09 Å². The van der Waals surface area contributed by atoms with Crippen molar-refractivity contribution in [3.63, 3.8) is 0 Å². The number of methoxy groups -OCH3 is 1. The summed E-state index contributed by atoms with van der Waals surface area (Å²) in [5.74, 6) is 3.09. The van der Waals surface area contributed by atoms with Crippen molar-refractivity contribution < 1.29 is 14.3 Å². The molecule has 0 N–H and O–H groups in total. The van der Waals surface area contributed by atoms with Crippen molar-refractivity contribution in [1.82, 2.24) is 0 Å². The van der Waals surface area contributed by atoms with E-state index in [1.807, 2.05) is 32.0 Å². The summed E-state index contributed by atoms with van der Waals surface area (Å²) >= 11 is 0. The summed E-state index contributed by atoms with van der Waals surface area (Å²) in [6.45, 7) is 4.40. The van der Waals surface area contributed by atoms with Crippen LogP contribution in [0, 0.1) is 12.0 Å². The first kappa shape index (κ1) is 13.9. The Balaban J connectivity index is 2.25. The van der Waals surface area contributed by atoms with Gasteiger partial charge in [-0.2, -0.15) is 0 Å². The van der Waals surface area contributed by atoms with Crippen LogP contribution in [-0.2, 0) is 9.47 Å². The molecule has 1 amide bonds. The third-order valence-corrected chi connectivity index (χ3v) is 2.61. The molecule has 0 radical (unpaired) electrons. The molecule has 0 unspecified atom stereocenters. The number of hydrogen-bond acceptors (Lipinski definition) is 4. The lowest BCUT2D eigenvalue weighted by molar-refractivity contribution is 0.182. The highest BCUT2D eigenvalue weighted by molar-refractivity contribution is 5.98. The van der Waals surface area contributed by atoms with Crippen molar-refractivity contribution in [2.24, 2.45) is 4.99 Å². The second-order valence-corrected chi connectivity index (χ2v) is 4.90. The Morgan fingerprint density at radius 1 is 1.40 bits per heavy atom. The number of anilines is 1. The summed E-state index contributed by atoms with van der Waals surface area (Å²) in [6.07, 6.45) is -0.554. The van der Waals surface area contributed by atoms with Crippen molar-refractivity contribution in [1.29, 1.82) is 0 Å². The zero-order chi connectivity index (χ0) is 14.6.